The third-order valence-corrected chi connectivity index (χ3v) is 9.41. The third kappa shape index (κ3) is 6.70. The summed E-state index contributed by atoms with van der Waals surface area (Å²) in [6.07, 6.45) is 3.97. The Morgan fingerprint density at radius 1 is 0.975 bits per heavy atom. The smallest absolute Gasteiger partial charge is 0.246 e. The zero-order chi connectivity index (χ0) is 28.8. The molecule has 218 valence electrons. The van der Waals surface area contributed by atoms with Gasteiger partial charge in [-0.3, -0.25) is 9.59 Å². The van der Waals surface area contributed by atoms with Crippen LogP contribution in [0.15, 0.2) is 53.4 Å². The summed E-state index contributed by atoms with van der Waals surface area (Å²) < 4.78 is 54.7. The highest BCUT2D eigenvalue weighted by molar-refractivity contribution is 7.89. The Bertz CT molecular complexity index is 1260. The lowest BCUT2D eigenvalue weighted by molar-refractivity contribution is -0.161. The summed E-state index contributed by atoms with van der Waals surface area (Å²) in [5.74, 6) is -2.54. The number of hydrogen-bond donors (Lipinski definition) is 2. The molecule has 4 rings (SSSR count). The second-order valence-electron chi connectivity index (χ2n) is 10.6. The predicted molar refractivity (Wildman–Crippen MR) is 148 cm³/mol. The van der Waals surface area contributed by atoms with Crippen LogP contribution in [0.5, 0.6) is 0 Å². The standard InChI is InChI=1S/C29H38F2N4O4S/c1-2-18-35-27(36)25(13-6-7-17-32-40(38,39)26-23(30)11-8-12-24(26)31)33-28(37)29(35)15-20-34(21-16-29)19-14-22-9-4-3-5-10-22/h3-5,8-12,25,32H,2,6-7,13-21H2,1H3,(H,33,37)/t25-/m0/s1. The van der Waals surface area contributed by atoms with Gasteiger partial charge in [0.15, 0.2) is 4.90 Å². The van der Waals surface area contributed by atoms with E-state index in [1.54, 1.807) is 4.90 Å². The molecule has 2 saturated heterocycles. The summed E-state index contributed by atoms with van der Waals surface area (Å²) in [4.78, 5) is 30.1. The second-order valence-corrected chi connectivity index (χ2v) is 12.3. The van der Waals surface area contributed by atoms with Gasteiger partial charge in [-0.15, -0.1) is 0 Å². The Hall–Kier alpha value is -2.89. The molecular formula is C29H38F2N4O4S. The van der Waals surface area contributed by atoms with E-state index in [2.05, 4.69) is 27.1 Å². The highest BCUT2D eigenvalue weighted by atomic mass is 32.2. The van der Waals surface area contributed by atoms with Gasteiger partial charge in [-0.1, -0.05) is 43.3 Å². The molecule has 0 saturated carbocycles. The first kappa shape index (κ1) is 30.1. The molecular weight excluding hydrogens is 538 g/mol. The van der Waals surface area contributed by atoms with Crippen LogP contribution < -0.4 is 10.0 Å². The first-order chi connectivity index (χ1) is 19.2. The molecule has 0 unspecified atom stereocenters. The molecule has 2 aliphatic heterocycles. The van der Waals surface area contributed by atoms with Crippen LogP contribution in [0.1, 0.15) is 51.0 Å². The van der Waals surface area contributed by atoms with Crippen LogP contribution in [0.4, 0.5) is 8.78 Å². The van der Waals surface area contributed by atoms with Crippen molar-refractivity contribution in [3.8, 4) is 0 Å². The molecule has 2 aliphatic rings. The molecule has 2 aromatic carbocycles. The third-order valence-electron chi connectivity index (χ3n) is 7.90. The average molecular weight is 577 g/mol. The molecule has 2 N–H and O–H groups in total. The highest BCUT2D eigenvalue weighted by Crippen LogP contribution is 2.34. The van der Waals surface area contributed by atoms with Crippen LogP contribution in [0.25, 0.3) is 0 Å². The van der Waals surface area contributed by atoms with Crippen molar-refractivity contribution in [1.29, 1.82) is 0 Å². The average Bonchev–Trinajstić information content (AvgIpc) is 2.93. The van der Waals surface area contributed by atoms with Gasteiger partial charge in [0.25, 0.3) is 0 Å². The van der Waals surface area contributed by atoms with Crippen molar-refractivity contribution in [2.75, 3.05) is 32.7 Å². The zero-order valence-corrected chi connectivity index (χ0v) is 23.7. The van der Waals surface area contributed by atoms with E-state index in [1.165, 1.54) is 5.56 Å². The second kappa shape index (κ2) is 13.2. The quantitative estimate of drug-likeness (QED) is 0.378. The predicted octanol–water partition coefficient (Wildman–Crippen LogP) is 3.23. The van der Waals surface area contributed by atoms with Crippen molar-refractivity contribution in [2.24, 2.45) is 0 Å². The van der Waals surface area contributed by atoms with E-state index in [0.29, 0.717) is 38.6 Å². The largest absolute Gasteiger partial charge is 0.342 e. The molecule has 2 aromatic rings. The maximum atomic E-state index is 13.9. The molecule has 11 heteroatoms. The Morgan fingerprint density at radius 2 is 1.65 bits per heavy atom. The van der Waals surface area contributed by atoms with Gasteiger partial charge in [-0.05, 0) is 62.6 Å². The lowest BCUT2D eigenvalue weighted by Gasteiger charge is -2.51. The van der Waals surface area contributed by atoms with Gasteiger partial charge in [-0.25, -0.2) is 21.9 Å². The number of nitrogens with zero attached hydrogens (tertiary/aromatic N) is 2. The number of unbranched alkanes of at least 4 members (excludes halogenated alkanes) is 1. The molecule has 1 spiro atoms. The van der Waals surface area contributed by atoms with Crippen molar-refractivity contribution < 1.29 is 26.8 Å². The van der Waals surface area contributed by atoms with Crippen molar-refractivity contribution in [3.63, 3.8) is 0 Å². The number of carbonyl (C=O) groups is 2. The first-order valence-corrected chi connectivity index (χ1v) is 15.5. The molecule has 2 amide bonds. The lowest BCUT2D eigenvalue weighted by Crippen LogP contribution is -2.72. The van der Waals surface area contributed by atoms with E-state index in [0.717, 1.165) is 50.7 Å². The number of nitrogens with one attached hydrogen (secondary N) is 2. The Kier molecular flexibility index (Phi) is 9.91. The minimum Gasteiger partial charge on any atom is -0.342 e. The number of piperazine rings is 1. The molecule has 1 atom stereocenters. The van der Waals surface area contributed by atoms with Crippen LogP contribution in [-0.2, 0) is 26.0 Å². The van der Waals surface area contributed by atoms with Gasteiger partial charge < -0.3 is 15.1 Å². The number of likely N-dealkylation sites (tertiary alicyclic amines) is 1. The summed E-state index contributed by atoms with van der Waals surface area (Å²) >= 11 is 0. The van der Waals surface area contributed by atoms with Gasteiger partial charge in [-0.2, -0.15) is 0 Å². The molecule has 0 aromatic heterocycles. The van der Waals surface area contributed by atoms with Crippen molar-refractivity contribution in [2.45, 2.75) is 68.3 Å². The number of hydrogen-bond acceptors (Lipinski definition) is 5. The monoisotopic (exact) mass is 576 g/mol. The van der Waals surface area contributed by atoms with E-state index in [1.807, 2.05) is 25.1 Å². The SMILES string of the molecule is CCCN1C(=O)[C@H](CCCCNS(=O)(=O)c2c(F)cccc2F)NC(=O)C12CCN(CCc1ccccc1)CC2. The summed E-state index contributed by atoms with van der Waals surface area (Å²) in [7, 11) is -4.35. The fourth-order valence-corrected chi connectivity index (χ4v) is 6.89. The number of halogens is 2. The molecule has 0 bridgehead atoms. The Labute approximate surface area is 235 Å². The lowest BCUT2D eigenvalue weighted by atomic mass is 9.81. The van der Waals surface area contributed by atoms with Crippen LogP contribution in [0.2, 0.25) is 0 Å². The summed E-state index contributed by atoms with van der Waals surface area (Å²) in [6.45, 7) is 4.82. The van der Waals surface area contributed by atoms with E-state index < -0.39 is 38.1 Å². The van der Waals surface area contributed by atoms with E-state index in [4.69, 9.17) is 0 Å². The fraction of sp³-hybridized carbons (Fsp3) is 0.517. The zero-order valence-electron chi connectivity index (χ0n) is 22.9. The Morgan fingerprint density at radius 3 is 2.30 bits per heavy atom. The van der Waals surface area contributed by atoms with Crippen molar-refractivity contribution in [1.82, 2.24) is 19.8 Å². The van der Waals surface area contributed by atoms with Gasteiger partial charge in [0.2, 0.25) is 21.8 Å². The molecule has 0 aliphatic carbocycles. The number of sulfonamides is 1. The highest BCUT2D eigenvalue weighted by Gasteiger charge is 2.53. The summed E-state index contributed by atoms with van der Waals surface area (Å²) in [5.41, 5.74) is 0.433. The fourth-order valence-electron chi connectivity index (χ4n) is 5.69. The van der Waals surface area contributed by atoms with Gasteiger partial charge in [0.1, 0.15) is 23.2 Å². The summed E-state index contributed by atoms with van der Waals surface area (Å²) in [6, 6.07) is 12.5. The number of piperidine rings is 1. The van der Waals surface area contributed by atoms with Gasteiger partial charge >= 0.3 is 0 Å². The molecule has 2 fully saturated rings. The number of rotatable bonds is 12. The van der Waals surface area contributed by atoms with Crippen LogP contribution in [0.3, 0.4) is 0 Å². The summed E-state index contributed by atoms with van der Waals surface area (Å²) in [5, 5.41) is 2.95. The maximum Gasteiger partial charge on any atom is 0.246 e. The number of amides is 2. The van der Waals surface area contributed by atoms with Crippen LogP contribution >= 0.6 is 0 Å². The van der Waals surface area contributed by atoms with Crippen molar-refractivity contribution in [3.05, 3.63) is 65.7 Å². The van der Waals surface area contributed by atoms with Crippen LogP contribution in [0, 0.1) is 11.6 Å². The molecule has 8 nitrogen and oxygen atoms in total. The van der Waals surface area contributed by atoms with E-state index in [9.17, 15) is 26.8 Å². The minimum absolute atomic E-state index is 0.0492. The van der Waals surface area contributed by atoms with Crippen molar-refractivity contribution >= 4 is 21.8 Å². The van der Waals surface area contributed by atoms with Crippen LogP contribution in [-0.4, -0.2) is 74.3 Å². The molecule has 40 heavy (non-hydrogen) atoms. The normalized spacial score (nSPS) is 19.7. The first-order valence-electron chi connectivity index (χ1n) is 14.0. The van der Waals surface area contributed by atoms with Gasteiger partial charge in [0.05, 0.1) is 0 Å². The number of carbonyl (C=O) groups excluding carboxylic acids is 2. The molecule has 2 heterocycles. The minimum atomic E-state index is -4.35. The van der Waals surface area contributed by atoms with Gasteiger partial charge in [0, 0.05) is 32.7 Å². The Balaban J connectivity index is 1.29. The molecule has 0 radical (unpaired) electrons. The van der Waals surface area contributed by atoms with E-state index >= 15 is 0 Å². The maximum absolute atomic E-state index is 13.9. The topological polar surface area (TPSA) is 98.8 Å². The van der Waals surface area contributed by atoms with E-state index in [-0.39, 0.29) is 18.4 Å². The number of benzene rings is 2.